The molecule has 0 radical (unpaired) electrons. The molecule has 0 amide bonds. The standard InChI is InChI=1S/C12H11N3S/c1-7-3-4-9-10(5-7)15-12(14-9)11-6-16-8(2)13-11/h3-6H,1-2H3,(H,14,15). The molecular weight excluding hydrogens is 218 g/mol. The number of rotatable bonds is 1. The average Bonchev–Trinajstić information content (AvgIpc) is 2.83. The molecule has 0 bridgehead atoms. The van der Waals surface area contributed by atoms with Gasteiger partial charge < -0.3 is 4.98 Å². The number of aromatic amines is 1. The van der Waals surface area contributed by atoms with Crippen LogP contribution in [-0.2, 0) is 0 Å². The van der Waals surface area contributed by atoms with Crippen molar-refractivity contribution in [2.45, 2.75) is 13.8 Å². The molecule has 80 valence electrons. The first kappa shape index (κ1) is 9.54. The van der Waals surface area contributed by atoms with Gasteiger partial charge in [0.1, 0.15) is 5.69 Å². The van der Waals surface area contributed by atoms with Crippen LogP contribution in [0.5, 0.6) is 0 Å². The maximum absolute atomic E-state index is 4.53. The molecule has 3 nitrogen and oxygen atoms in total. The third-order valence-corrected chi connectivity index (χ3v) is 3.27. The van der Waals surface area contributed by atoms with E-state index in [0.717, 1.165) is 27.6 Å². The molecule has 0 saturated heterocycles. The molecule has 0 fully saturated rings. The van der Waals surface area contributed by atoms with Gasteiger partial charge in [-0.2, -0.15) is 0 Å². The Morgan fingerprint density at radius 1 is 1.19 bits per heavy atom. The van der Waals surface area contributed by atoms with Gasteiger partial charge in [-0.25, -0.2) is 9.97 Å². The molecule has 1 aromatic carbocycles. The van der Waals surface area contributed by atoms with Gasteiger partial charge in [-0.15, -0.1) is 11.3 Å². The Kier molecular flexibility index (Phi) is 2.04. The Labute approximate surface area is 97.2 Å². The number of aromatic nitrogens is 3. The second-order valence-electron chi connectivity index (χ2n) is 3.86. The van der Waals surface area contributed by atoms with Gasteiger partial charge in [-0.1, -0.05) is 6.07 Å². The van der Waals surface area contributed by atoms with E-state index in [9.17, 15) is 0 Å². The first-order valence-corrected chi connectivity index (χ1v) is 5.99. The zero-order valence-corrected chi connectivity index (χ0v) is 9.93. The van der Waals surface area contributed by atoms with E-state index in [2.05, 4.69) is 34.0 Å². The third-order valence-electron chi connectivity index (χ3n) is 2.50. The maximum atomic E-state index is 4.53. The van der Waals surface area contributed by atoms with Crippen LogP contribution in [0.25, 0.3) is 22.6 Å². The zero-order chi connectivity index (χ0) is 11.1. The van der Waals surface area contributed by atoms with E-state index < -0.39 is 0 Å². The minimum absolute atomic E-state index is 0.852. The molecule has 2 heterocycles. The van der Waals surface area contributed by atoms with Crippen molar-refractivity contribution in [3.05, 3.63) is 34.2 Å². The Morgan fingerprint density at radius 3 is 2.81 bits per heavy atom. The lowest BCUT2D eigenvalue weighted by Crippen LogP contribution is -1.79. The molecule has 1 N–H and O–H groups in total. The summed E-state index contributed by atoms with van der Waals surface area (Å²) in [4.78, 5) is 12.2. The van der Waals surface area contributed by atoms with E-state index in [0.29, 0.717) is 0 Å². The highest BCUT2D eigenvalue weighted by atomic mass is 32.1. The van der Waals surface area contributed by atoms with Crippen LogP contribution >= 0.6 is 11.3 Å². The highest BCUT2D eigenvalue weighted by molar-refractivity contribution is 7.09. The van der Waals surface area contributed by atoms with Crippen molar-refractivity contribution in [2.24, 2.45) is 0 Å². The molecule has 0 aliphatic heterocycles. The summed E-state index contributed by atoms with van der Waals surface area (Å²) in [7, 11) is 0. The monoisotopic (exact) mass is 229 g/mol. The van der Waals surface area contributed by atoms with E-state index >= 15 is 0 Å². The van der Waals surface area contributed by atoms with Crippen molar-refractivity contribution in [1.29, 1.82) is 0 Å². The summed E-state index contributed by atoms with van der Waals surface area (Å²) in [6.45, 7) is 4.08. The SMILES string of the molecule is Cc1ccc2nc(-c3csc(C)n3)[nH]c2c1. The lowest BCUT2D eigenvalue weighted by Gasteiger charge is -1.89. The molecular formula is C12H11N3S. The van der Waals surface area contributed by atoms with Crippen LogP contribution in [0.4, 0.5) is 0 Å². The summed E-state index contributed by atoms with van der Waals surface area (Å²) in [5, 5.41) is 3.09. The number of fused-ring (bicyclic) bond motifs is 1. The van der Waals surface area contributed by atoms with Gasteiger partial charge in [-0.05, 0) is 31.5 Å². The van der Waals surface area contributed by atoms with Crippen molar-refractivity contribution >= 4 is 22.4 Å². The number of imidazole rings is 1. The molecule has 4 heteroatoms. The number of H-pyrrole nitrogens is 1. The van der Waals surface area contributed by atoms with E-state index in [1.165, 1.54) is 5.56 Å². The van der Waals surface area contributed by atoms with E-state index in [-0.39, 0.29) is 0 Å². The Hall–Kier alpha value is -1.68. The smallest absolute Gasteiger partial charge is 0.158 e. The van der Waals surface area contributed by atoms with Crippen molar-refractivity contribution in [3.8, 4) is 11.5 Å². The molecule has 0 unspecified atom stereocenters. The van der Waals surface area contributed by atoms with Crippen LogP contribution in [0.15, 0.2) is 23.6 Å². The molecule has 0 aliphatic carbocycles. The fourth-order valence-electron chi connectivity index (χ4n) is 1.72. The number of thiazole rings is 1. The minimum Gasteiger partial charge on any atom is -0.337 e. The predicted octanol–water partition coefficient (Wildman–Crippen LogP) is 3.30. The van der Waals surface area contributed by atoms with Gasteiger partial charge in [0, 0.05) is 5.38 Å². The van der Waals surface area contributed by atoms with Crippen molar-refractivity contribution < 1.29 is 0 Å². The molecule has 0 aliphatic rings. The highest BCUT2D eigenvalue weighted by Crippen LogP contribution is 2.22. The summed E-state index contributed by atoms with van der Waals surface area (Å²) in [6, 6.07) is 6.20. The Bertz CT molecular complexity index is 651. The first-order chi connectivity index (χ1) is 7.72. The molecule has 16 heavy (non-hydrogen) atoms. The fraction of sp³-hybridized carbons (Fsp3) is 0.167. The fourth-order valence-corrected chi connectivity index (χ4v) is 2.31. The Balaban J connectivity index is 2.18. The normalized spacial score (nSPS) is 11.1. The van der Waals surface area contributed by atoms with E-state index in [1.807, 2.05) is 18.4 Å². The van der Waals surface area contributed by atoms with Crippen LogP contribution in [0.1, 0.15) is 10.6 Å². The molecule has 2 aromatic heterocycles. The van der Waals surface area contributed by atoms with Crippen molar-refractivity contribution in [2.75, 3.05) is 0 Å². The minimum atomic E-state index is 0.852. The maximum Gasteiger partial charge on any atom is 0.158 e. The van der Waals surface area contributed by atoms with E-state index in [4.69, 9.17) is 0 Å². The van der Waals surface area contributed by atoms with Crippen LogP contribution < -0.4 is 0 Å². The number of hydrogen-bond donors (Lipinski definition) is 1. The van der Waals surface area contributed by atoms with Gasteiger partial charge in [0.2, 0.25) is 0 Å². The highest BCUT2D eigenvalue weighted by Gasteiger charge is 2.07. The van der Waals surface area contributed by atoms with Crippen LogP contribution in [-0.4, -0.2) is 15.0 Å². The topological polar surface area (TPSA) is 41.6 Å². The molecule has 3 aromatic rings. The van der Waals surface area contributed by atoms with Gasteiger partial charge in [0.15, 0.2) is 5.82 Å². The summed E-state index contributed by atoms with van der Waals surface area (Å²) in [6.07, 6.45) is 0. The average molecular weight is 229 g/mol. The Morgan fingerprint density at radius 2 is 2.06 bits per heavy atom. The molecule has 0 spiro atoms. The van der Waals surface area contributed by atoms with Gasteiger partial charge >= 0.3 is 0 Å². The predicted molar refractivity (Wildman–Crippen MR) is 66.7 cm³/mol. The lowest BCUT2D eigenvalue weighted by atomic mass is 10.2. The van der Waals surface area contributed by atoms with E-state index in [1.54, 1.807) is 11.3 Å². The zero-order valence-electron chi connectivity index (χ0n) is 9.11. The molecule has 0 atom stereocenters. The van der Waals surface area contributed by atoms with Gasteiger partial charge in [0.05, 0.1) is 16.0 Å². The summed E-state index contributed by atoms with van der Waals surface area (Å²) in [5.41, 5.74) is 4.22. The molecule has 3 rings (SSSR count). The lowest BCUT2D eigenvalue weighted by molar-refractivity contribution is 1.23. The molecule has 0 saturated carbocycles. The summed E-state index contributed by atoms with van der Waals surface area (Å²) < 4.78 is 0. The van der Waals surface area contributed by atoms with Crippen LogP contribution in [0, 0.1) is 13.8 Å². The third kappa shape index (κ3) is 1.51. The second-order valence-corrected chi connectivity index (χ2v) is 4.92. The van der Waals surface area contributed by atoms with Crippen molar-refractivity contribution in [1.82, 2.24) is 15.0 Å². The van der Waals surface area contributed by atoms with Crippen molar-refractivity contribution in [3.63, 3.8) is 0 Å². The number of benzene rings is 1. The van der Waals surface area contributed by atoms with Crippen LogP contribution in [0.2, 0.25) is 0 Å². The van der Waals surface area contributed by atoms with Crippen LogP contribution in [0.3, 0.4) is 0 Å². The second kappa shape index (κ2) is 3.42. The van der Waals surface area contributed by atoms with Gasteiger partial charge in [0.25, 0.3) is 0 Å². The van der Waals surface area contributed by atoms with Gasteiger partial charge in [-0.3, -0.25) is 0 Å². The summed E-state index contributed by atoms with van der Waals surface area (Å²) in [5.74, 6) is 0.852. The number of hydrogen-bond acceptors (Lipinski definition) is 3. The largest absolute Gasteiger partial charge is 0.337 e. The number of nitrogens with zero attached hydrogens (tertiary/aromatic N) is 2. The number of nitrogens with one attached hydrogen (secondary N) is 1. The first-order valence-electron chi connectivity index (χ1n) is 5.11. The summed E-state index contributed by atoms with van der Waals surface area (Å²) >= 11 is 1.64. The number of aryl methyl sites for hydroxylation is 2. The quantitative estimate of drug-likeness (QED) is 0.695.